The Morgan fingerprint density at radius 3 is 1.95 bits per heavy atom. The molecule has 0 saturated carbocycles. The molecule has 0 aliphatic carbocycles. The van der Waals surface area contributed by atoms with E-state index in [-0.39, 0.29) is 6.03 Å². The molecule has 0 spiro atoms. The first-order chi connectivity index (χ1) is 8.72. The first-order valence-electron chi connectivity index (χ1n) is 6.95. The van der Waals surface area contributed by atoms with E-state index in [4.69, 9.17) is 5.11 Å². The highest BCUT2D eigenvalue weighted by Crippen LogP contribution is 2.19. The fourth-order valence-electron chi connectivity index (χ4n) is 2.33. The molecule has 0 aliphatic rings. The third kappa shape index (κ3) is 5.49. The second-order valence-electron chi connectivity index (χ2n) is 5.71. The van der Waals surface area contributed by atoms with Gasteiger partial charge in [0.15, 0.2) is 0 Å². The van der Waals surface area contributed by atoms with E-state index in [9.17, 15) is 9.59 Å². The van der Waals surface area contributed by atoms with Crippen LogP contribution in [0.1, 0.15) is 41.0 Å². The Labute approximate surface area is 116 Å². The van der Waals surface area contributed by atoms with Crippen molar-refractivity contribution in [2.45, 2.75) is 47.1 Å². The number of carbonyl (C=O) groups excluding carboxylic acids is 1. The molecule has 2 N–H and O–H groups in total. The Kier molecular flexibility index (Phi) is 7.49. The molecule has 0 bridgehead atoms. The van der Waals surface area contributed by atoms with E-state index in [1.165, 1.54) is 11.9 Å². The molecular weight excluding hydrogens is 244 g/mol. The van der Waals surface area contributed by atoms with E-state index in [0.717, 1.165) is 0 Å². The largest absolute Gasteiger partial charge is 0.480 e. The van der Waals surface area contributed by atoms with Crippen LogP contribution in [0.25, 0.3) is 0 Å². The molecule has 19 heavy (non-hydrogen) atoms. The molecule has 0 aromatic rings. The number of hydrogen-bond acceptors (Lipinski definition) is 2. The minimum atomic E-state index is -0.968. The Morgan fingerprint density at radius 1 is 1.16 bits per heavy atom. The van der Waals surface area contributed by atoms with Crippen LogP contribution in [0.3, 0.4) is 0 Å². The van der Waals surface area contributed by atoms with Crippen LogP contribution in [0, 0.1) is 17.8 Å². The van der Waals surface area contributed by atoms with Gasteiger partial charge in [0.1, 0.15) is 6.04 Å². The van der Waals surface area contributed by atoms with E-state index in [1.54, 1.807) is 6.92 Å². The number of rotatable bonds is 7. The summed E-state index contributed by atoms with van der Waals surface area (Å²) in [5.74, 6) is 0.380. The first kappa shape index (κ1) is 17.7. The lowest BCUT2D eigenvalue weighted by molar-refractivity contribution is -0.141. The summed E-state index contributed by atoms with van der Waals surface area (Å²) < 4.78 is 0. The molecule has 5 heteroatoms. The molecule has 0 heterocycles. The van der Waals surface area contributed by atoms with Gasteiger partial charge in [-0.05, 0) is 24.2 Å². The molecule has 0 rings (SSSR count). The predicted octanol–water partition coefficient (Wildman–Crippen LogP) is 2.42. The summed E-state index contributed by atoms with van der Waals surface area (Å²) in [5.41, 5.74) is 0. The zero-order chi connectivity index (χ0) is 15.2. The van der Waals surface area contributed by atoms with Gasteiger partial charge in [-0.2, -0.15) is 0 Å². The van der Waals surface area contributed by atoms with E-state index < -0.39 is 12.0 Å². The summed E-state index contributed by atoms with van der Waals surface area (Å²) in [5, 5.41) is 11.9. The van der Waals surface area contributed by atoms with Gasteiger partial charge in [-0.1, -0.05) is 34.6 Å². The summed E-state index contributed by atoms with van der Waals surface area (Å²) >= 11 is 0. The van der Waals surface area contributed by atoms with Crippen molar-refractivity contribution in [2.75, 3.05) is 13.6 Å². The summed E-state index contributed by atoms with van der Waals surface area (Å²) in [7, 11) is 1.53. The number of likely N-dealkylation sites (N-methyl/N-ethyl adjacent to an activating group) is 1. The lowest BCUT2D eigenvalue weighted by Crippen LogP contribution is -2.48. The van der Waals surface area contributed by atoms with E-state index in [1.807, 2.05) is 0 Å². The van der Waals surface area contributed by atoms with Crippen LogP contribution in [0.2, 0.25) is 0 Å². The lowest BCUT2D eigenvalue weighted by atomic mass is 9.85. The van der Waals surface area contributed by atoms with Gasteiger partial charge in [-0.3, -0.25) is 0 Å². The Balaban J connectivity index is 4.48. The van der Waals surface area contributed by atoms with Crippen LogP contribution in [0.5, 0.6) is 0 Å². The summed E-state index contributed by atoms with van der Waals surface area (Å²) in [6.45, 7) is 10.9. The van der Waals surface area contributed by atoms with Crippen LogP contribution >= 0.6 is 0 Å². The fourth-order valence-corrected chi connectivity index (χ4v) is 2.33. The second kappa shape index (κ2) is 8.02. The highest BCUT2D eigenvalue weighted by molar-refractivity contribution is 5.82. The van der Waals surface area contributed by atoms with Crippen molar-refractivity contribution in [3.05, 3.63) is 0 Å². The van der Waals surface area contributed by atoms with Crippen molar-refractivity contribution in [2.24, 2.45) is 17.8 Å². The molecule has 1 unspecified atom stereocenters. The average Bonchev–Trinajstić information content (AvgIpc) is 2.28. The zero-order valence-electron chi connectivity index (χ0n) is 12.9. The molecule has 5 nitrogen and oxygen atoms in total. The average molecular weight is 272 g/mol. The molecule has 112 valence electrons. The maximum absolute atomic E-state index is 11.9. The Morgan fingerprint density at radius 2 is 1.63 bits per heavy atom. The van der Waals surface area contributed by atoms with Gasteiger partial charge >= 0.3 is 12.0 Å². The van der Waals surface area contributed by atoms with Crippen LogP contribution in [-0.2, 0) is 4.79 Å². The number of urea groups is 1. The van der Waals surface area contributed by atoms with E-state index >= 15 is 0 Å². The molecule has 1 atom stereocenters. The molecule has 0 saturated heterocycles. The minimum absolute atomic E-state index is 0.319. The number of amides is 2. The number of carboxylic acids is 1. The molecular formula is C14H28N2O3. The van der Waals surface area contributed by atoms with Gasteiger partial charge in [0.05, 0.1) is 0 Å². The smallest absolute Gasteiger partial charge is 0.326 e. The Hall–Kier alpha value is -1.26. The third-order valence-corrected chi connectivity index (χ3v) is 3.66. The topological polar surface area (TPSA) is 69.6 Å². The van der Waals surface area contributed by atoms with Gasteiger partial charge < -0.3 is 15.3 Å². The maximum Gasteiger partial charge on any atom is 0.326 e. The van der Waals surface area contributed by atoms with Crippen molar-refractivity contribution in [3.63, 3.8) is 0 Å². The van der Waals surface area contributed by atoms with Crippen molar-refractivity contribution >= 4 is 12.0 Å². The monoisotopic (exact) mass is 272 g/mol. The lowest BCUT2D eigenvalue weighted by Gasteiger charge is -2.28. The standard InChI is InChI=1S/C14H28N2O3/c1-7-12(13(17)18)16(6)14(19)15-8-11(9(2)3)10(4)5/h9-12H,7-8H2,1-6H3,(H,15,19)(H,17,18). The molecule has 0 aromatic carbocycles. The van der Waals surface area contributed by atoms with Crippen LogP contribution < -0.4 is 5.32 Å². The molecule has 0 aromatic heterocycles. The quantitative estimate of drug-likeness (QED) is 0.747. The van der Waals surface area contributed by atoms with Gasteiger partial charge in [0.2, 0.25) is 0 Å². The van der Waals surface area contributed by atoms with Crippen LogP contribution in [0.4, 0.5) is 4.79 Å². The number of aliphatic carboxylic acids is 1. The van der Waals surface area contributed by atoms with Crippen molar-refractivity contribution in [1.29, 1.82) is 0 Å². The molecule has 0 radical (unpaired) electrons. The SMILES string of the molecule is CCC(C(=O)O)N(C)C(=O)NCC(C(C)C)C(C)C. The molecule has 2 amide bonds. The fraction of sp³-hybridized carbons (Fsp3) is 0.857. The number of carboxylic acid groups (broad SMARTS) is 1. The predicted molar refractivity (Wildman–Crippen MR) is 76.0 cm³/mol. The van der Waals surface area contributed by atoms with Crippen molar-refractivity contribution in [3.8, 4) is 0 Å². The number of carbonyl (C=O) groups is 2. The third-order valence-electron chi connectivity index (χ3n) is 3.66. The summed E-state index contributed by atoms with van der Waals surface area (Å²) in [4.78, 5) is 24.2. The molecule has 0 fully saturated rings. The van der Waals surface area contributed by atoms with Crippen molar-refractivity contribution in [1.82, 2.24) is 10.2 Å². The maximum atomic E-state index is 11.9. The normalized spacial score (nSPS) is 12.9. The highest BCUT2D eigenvalue weighted by Gasteiger charge is 2.25. The van der Waals surface area contributed by atoms with Gasteiger partial charge in [-0.15, -0.1) is 0 Å². The van der Waals surface area contributed by atoms with E-state index in [0.29, 0.717) is 30.7 Å². The van der Waals surface area contributed by atoms with Crippen molar-refractivity contribution < 1.29 is 14.7 Å². The number of hydrogen-bond donors (Lipinski definition) is 2. The van der Waals surface area contributed by atoms with Crippen LogP contribution in [0.15, 0.2) is 0 Å². The first-order valence-corrected chi connectivity index (χ1v) is 6.95. The summed E-state index contributed by atoms with van der Waals surface area (Å²) in [6, 6.07) is -1.09. The highest BCUT2D eigenvalue weighted by atomic mass is 16.4. The Bertz CT molecular complexity index is 295. The van der Waals surface area contributed by atoms with Gasteiger partial charge in [-0.25, -0.2) is 9.59 Å². The summed E-state index contributed by atoms with van der Waals surface area (Å²) in [6.07, 6.45) is 0.400. The zero-order valence-corrected chi connectivity index (χ0v) is 12.9. The van der Waals surface area contributed by atoms with E-state index in [2.05, 4.69) is 33.0 Å². The van der Waals surface area contributed by atoms with Crippen LogP contribution in [-0.4, -0.2) is 41.6 Å². The second-order valence-corrected chi connectivity index (χ2v) is 5.71. The number of nitrogens with one attached hydrogen (secondary N) is 1. The molecule has 0 aliphatic heterocycles. The minimum Gasteiger partial charge on any atom is -0.480 e. The van der Waals surface area contributed by atoms with Gasteiger partial charge in [0, 0.05) is 13.6 Å². The number of nitrogens with zero attached hydrogens (tertiary/aromatic N) is 1. The van der Waals surface area contributed by atoms with Gasteiger partial charge in [0.25, 0.3) is 0 Å².